The van der Waals surface area contributed by atoms with Crippen LogP contribution in [0.15, 0.2) is 15.3 Å². The summed E-state index contributed by atoms with van der Waals surface area (Å²) >= 11 is 0. The maximum atomic E-state index is 8.50. The van der Waals surface area contributed by atoms with Crippen molar-refractivity contribution in [1.82, 2.24) is 0 Å². The van der Waals surface area contributed by atoms with Gasteiger partial charge in [-0.3, -0.25) is 0 Å². The van der Waals surface area contributed by atoms with E-state index >= 15 is 0 Å². The van der Waals surface area contributed by atoms with Crippen LogP contribution >= 0.6 is 0 Å². The highest BCUT2D eigenvalue weighted by atomic mass is 16.5. The van der Waals surface area contributed by atoms with Gasteiger partial charge in [-0.1, -0.05) is 22.3 Å². The van der Waals surface area contributed by atoms with Crippen LogP contribution in [0.2, 0.25) is 0 Å². The van der Waals surface area contributed by atoms with Crippen molar-refractivity contribution in [2.75, 3.05) is 65.9 Å². The van der Waals surface area contributed by atoms with Gasteiger partial charge in [0.1, 0.15) is 0 Å². The SMILES string of the molecule is CCOCC(COCCCN=[N+]=[N-])(COCCCN=[N+]=[N-])COCC(C)N=[N+]=[N-]. The molecule has 0 saturated heterocycles. The first kappa shape index (κ1) is 26.8. The van der Waals surface area contributed by atoms with E-state index in [2.05, 4.69) is 30.1 Å². The average Bonchev–Trinajstić information content (AvgIpc) is 2.71. The molecule has 0 aliphatic carbocycles. The zero-order valence-corrected chi connectivity index (χ0v) is 17.2. The minimum absolute atomic E-state index is 0.270. The van der Waals surface area contributed by atoms with Crippen LogP contribution < -0.4 is 0 Å². The third-order valence-electron chi connectivity index (χ3n) is 3.66. The molecule has 0 spiro atoms. The van der Waals surface area contributed by atoms with Gasteiger partial charge in [-0.15, -0.1) is 0 Å². The fourth-order valence-electron chi connectivity index (χ4n) is 2.28. The summed E-state index contributed by atoms with van der Waals surface area (Å²) in [6.07, 6.45) is 1.22. The monoisotopic (exact) mass is 413 g/mol. The second kappa shape index (κ2) is 19.1. The topological polar surface area (TPSA) is 183 Å². The van der Waals surface area contributed by atoms with Gasteiger partial charge in [0.05, 0.1) is 44.5 Å². The van der Waals surface area contributed by atoms with Crippen molar-refractivity contribution >= 4 is 0 Å². The number of nitrogens with zero attached hydrogens (tertiary/aromatic N) is 9. The maximum absolute atomic E-state index is 8.50. The molecule has 29 heavy (non-hydrogen) atoms. The standard InChI is InChI=1S/C16H31N9O4/c1-3-26-11-16(12-27-8-4-6-20-23-17,13-28-9-5-7-21-24-18)14-29-10-15(2)22-25-19/h15H,3-14H2,1-2H3. The normalized spacial score (nSPS) is 13.4. The van der Waals surface area contributed by atoms with E-state index in [1.54, 1.807) is 6.92 Å². The molecule has 0 rings (SSSR count). The molecule has 13 nitrogen and oxygen atoms in total. The smallest absolute Gasteiger partial charge is 0.0637 e. The second-order valence-corrected chi connectivity index (χ2v) is 6.43. The highest BCUT2D eigenvalue weighted by Gasteiger charge is 2.32. The Morgan fingerprint density at radius 2 is 1.31 bits per heavy atom. The molecule has 0 aliphatic rings. The Morgan fingerprint density at radius 1 is 0.793 bits per heavy atom. The molecule has 0 fully saturated rings. The van der Waals surface area contributed by atoms with Crippen molar-refractivity contribution in [2.24, 2.45) is 20.8 Å². The van der Waals surface area contributed by atoms with Gasteiger partial charge in [0.2, 0.25) is 0 Å². The molecule has 0 saturated carbocycles. The van der Waals surface area contributed by atoms with E-state index in [1.165, 1.54) is 0 Å². The van der Waals surface area contributed by atoms with Crippen LogP contribution in [0.5, 0.6) is 0 Å². The van der Waals surface area contributed by atoms with Gasteiger partial charge in [-0.2, -0.15) is 0 Å². The van der Waals surface area contributed by atoms with Gasteiger partial charge in [-0.25, -0.2) is 0 Å². The van der Waals surface area contributed by atoms with E-state index in [0.717, 1.165) is 0 Å². The lowest BCUT2D eigenvalue weighted by Crippen LogP contribution is -2.42. The molecular formula is C16H31N9O4. The summed E-state index contributed by atoms with van der Waals surface area (Å²) in [6, 6.07) is -0.292. The maximum Gasteiger partial charge on any atom is 0.0637 e. The van der Waals surface area contributed by atoms with E-state index in [9.17, 15) is 0 Å². The molecule has 1 unspecified atom stereocenters. The van der Waals surface area contributed by atoms with Gasteiger partial charge in [0.25, 0.3) is 0 Å². The van der Waals surface area contributed by atoms with E-state index in [0.29, 0.717) is 72.2 Å². The Bertz CT molecular complexity index is 531. The van der Waals surface area contributed by atoms with Crippen LogP contribution in [0.1, 0.15) is 26.7 Å². The molecule has 0 N–H and O–H groups in total. The summed E-state index contributed by atoms with van der Waals surface area (Å²) in [5.74, 6) is 0. The van der Waals surface area contributed by atoms with E-state index < -0.39 is 5.41 Å². The minimum atomic E-state index is -0.552. The first-order valence-corrected chi connectivity index (χ1v) is 9.51. The molecule has 0 heterocycles. The van der Waals surface area contributed by atoms with Crippen molar-refractivity contribution in [3.8, 4) is 0 Å². The molecule has 13 heteroatoms. The van der Waals surface area contributed by atoms with Crippen molar-refractivity contribution in [3.05, 3.63) is 31.3 Å². The Kier molecular flexibility index (Phi) is 17.6. The fourth-order valence-corrected chi connectivity index (χ4v) is 2.28. The van der Waals surface area contributed by atoms with Crippen LogP contribution in [0.3, 0.4) is 0 Å². The first-order valence-electron chi connectivity index (χ1n) is 9.51. The molecule has 0 aliphatic heterocycles. The lowest BCUT2D eigenvalue weighted by Gasteiger charge is -2.33. The van der Waals surface area contributed by atoms with E-state index in [1.807, 2.05) is 6.92 Å². The summed E-state index contributed by atoms with van der Waals surface area (Å²) in [6.45, 7) is 7.38. The highest BCUT2D eigenvalue weighted by Crippen LogP contribution is 2.21. The average molecular weight is 413 g/mol. The minimum Gasteiger partial charge on any atom is -0.381 e. The summed E-state index contributed by atoms with van der Waals surface area (Å²) in [5.41, 5.74) is 24.6. The van der Waals surface area contributed by atoms with Gasteiger partial charge < -0.3 is 18.9 Å². The van der Waals surface area contributed by atoms with Crippen molar-refractivity contribution in [2.45, 2.75) is 32.7 Å². The summed E-state index contributed by atoms with van der Waals surface area (Å²) in [7, 11) is 0. The Morgan fingerprint density at radius 3 is 1.79 bits per heavy atom. The molecule has 0 bridgehead atoms. The molecule has 0 aromatic heterocycles. The number of ether oxygens (including phenoxy) is 4. The number of hydrogen-bond donors (Lipinski definition) is 0. The van der Waals surface area contributed by atoms with Crippen LogP contribution in [0.25, 0.3) is 31.3 Å². The van der Waals surface area contributed by atoms with Crippen molar-refractivity contribution < 1.29 is 18.9 Å². The molecule has 164 valence electrons. The van der Waals surface area contributed by atoms with E-state index in [4.69, 9.17) is 35.5 Å². The Balaban J connectivity index is 4.81. The van der Waals surface area contributed by atoms with Gasteiger partial charge in [0, 0.05) is 47.6 Å². The number of azide groups is 3. The number of hydrogen-bond acceptors (Lipinski definition) is 7. The second-order valence-electron chi connectivity index (χ2n) is 6.43. The number of rotatable bonds is 20. The molecule has 0 aromatic carbocycles. The highest BCUT2D eigenvalue weighted by molar-refractivity contribution is 4.80. The van der Waals surface area contributed by atoms with E-state index in [-0.39, 0.29) is 12.6 Å². The van der Waals surface area contributed by atoms with Crippen molar-refractivity contribution in [3.63, 3.8) is 0 Å². The molecule has 1 atom stereocenters. The molecule has 0 radical (unpaired) electrons. The van der Waals surface area contributed by atoms with Gasteiger partial charge in [-0.05, 0) is 36.4 Å². The molecular weight excluding hydrogens is 382 g/mol. The van der Waals surface area contributed by atoms with Gasteiger partial charge >= 0.3 is 0 Å². The summed E-state index contributed by atoms with van der Waals surface area (Å²) < 4.78 is 22.9. The molecule has 0 aromatic rings. The predicted molar refractivity (Wildman–Crippen MR) is 107 cm³/mol. The van der Waals surface area contributed by atoms with Crippen LogP contribution in [0, 0.1) is 5.41 Å². The molecule has 0 amide bonds. The fraction of sp³-hybridized carbons (Fsp3) is 1.00. The third-order valence-corrected chi connectivity index (χ3v) is 3.66. The predicted octanol–water partition coefficient (Wildman–Crippen LogP) is 4.16. The zero-order valence-electron chi connectivity index (χ0n) is 17.2. The third kappa shape index (κ3) is 15.4. The Labute approximate surface area is 170 Å². The van der Waals surface area contributed by atoms with Crippen molar-refractivity contribution in [1.29, 1.82) is 0 Å². The quantitative estimate of drug-likeness (QED) is 0.126. The van der Waals surface area contributed by atoms with Crippen LogP contribution in [-0.2, 0) is 18.9 Å². The van der Waals surface area contributed by atoms with Crippen LogP contribution in [0.4, 0.5) is 0 Å². The summed E-state index contributed by atoms with van der Waals surface area (Å²) in [5, 5.41) is 10.6. The Hall–Kier alpha value is -2.23. The largest absolute Gasteiger partial charge is 0.381 e. The van der Waals surface area contributed by atoms with Crippen LogP contribution in [-0.4, -0.2) is 72.0 Å². The first-order chi connectivity index (χ1) is 14.1. The van der Waals surface area contributed by atoms with Gasteiger partial charge in [0.15, 0.2) is 0 Å². The lowest BCUT2D eigenvalue weighted by molar-refractivity contribution is -0.106. The zero-order chi connectivity index (χ0) is 21.6. The lowest BCUT2D eigenvalue weighted by atomic mass is 9.92. The summed E-state index contributed by atoms with van der Waals surface area (Å²) in [4.78, 5) is 8.19.